The van der Waals surface area contributed by atoms with Crippen LogP contribution < -0.4 is 11.2 Å². The van der Waals surface area contributed by atoms with Gasteiger partial charge in [0, 0.05) is 20.7 Å². The minimum Gasteiger partial charge on any atom is -0.507 e. The van der Waals surface area contributed by atoms with E-state index < -0.39 is 5.91 Å². The molecule has 0 atom stereocenters. The van der Waals surface area contributed by atoms with Gasteiger partial charge in [-0.25, -0.2) is 10.1 Å². The molecule has 1 amide bonds. The highest BCUT2D eigenvalue weighted by molar-refractivity contribution is 9.10. The van der Waals surface area contributed by atoms with Crippen molar-refractivity contribution in [3.63, 3.8) is 0 Å². The molecule has 4 N–H and O–H groups in total. The van der Waals surface area contributed by atoms with Crippen LogP contribution in [0.3, 0.4) is 0 Å². The van der Waals surface area contributed by atoms with Crippen molar-refractivity contribution in [3.05, 3.63) is 70.0 Å². The number of nitrogens with one attached hydrogen (secondary N) is 1. The van der Waals surface area contributed by atoms with E-state index in [1.807, 2.05) is 30.3 Å². The molecule has 13 heteroatoms. The van der Waals surface area contributed by atoms with Gasteiger partial charge in [0.25, 0.3) is 5.91 Å². The zero-order chi connectivity index (χ0) is 22.5. The van der Waals surface area contributed by atoms with Gasteiger partial charge in [0.2, 0.25) is 11.6 Å². The zero-order valence-electron chi connectivity index (χ0n) is 16.2. The van der Waals surface area contributed by atoms with E-state index in [1.54, 1.807) is 12.1 Å². The number of amides is 1. The summed E-state index contributed by atoms with van der Waals surface area (Å²) < 4.78 is 6.71. The summed E-state index contributed by atoms with van der Waals surface area (Å²) in [6, 6.07) is 14.5. The maximum atomic E-state index is 12.8. The first-order valence-electron chi connectivity index (χ1n) is 9.05. The molecule has 0 radical (unpaired) electrons. The number of rotatable bonds is 7. The number of nitrogen functional groups attached to an aromatic ring is 1. The van der Waals surface area contributed by atoms with E-state index in [2.05, 4.69) is 51.7 Å². The van der Waals surface area contributed by atoms with Crippen LogP contribution in [-0.2, 0) is 5.75 Å². The first kappa shape index (κ1) is 21.5. The number of halogens is 1. The van der Waals surface area contributed by atoms with Crippen LogP contribution in [0.1, 0.15) is 21.7 Å². The Bertz CT molecular complexity index is 1270. The summed E-state index contributed by atoms with van der Waals surface area (Å²) in [6.07, 6.45) is 1.32. The highest BCUT2D eigenvalue weighted by Gasteiger charge is 2.24. The lowest BCUT2D eigenvalue weighted by Gasteiger charge is -2.06. The summed E-state index contributed by atoms with van der Waals surface area (Å²) in [5, 5.41) is 29.1. The lowest BCUT2D eigenvalue weighted by atomic mass is 10.2. The number of phenols is 1. The van der Waals surface area contributed by atoms with Crippen LogP contribution in [0.2, 0.25) is 0 Å². The number of carbonyl (C=O) groups is 1. The van der Waals surface area contributed by atoms with Crippen LogP contribution in [-0.4, -0.2) is 42.5 Å². The molecule has 0 fully saturated rings. The van der Waals surface area contributed by atoms with Crippen molar-refractivity contribution < 1.29 is 14.5 Å². The zero-order valence-corrected chi connectivity index (χ0v) is 18.6. The molecule has 4 rings (SSSR count). The van der Waals surface area contributed by atoms with Gasteiger partial charge in [0.05, 0.1) is 11.9 Å². The second-order valence-electron chi connectivity index (χ2n) is 6.27. The van der Waals surface area contributed by atoms with Gasteiger partial charge >= 0.3 is 0 Å². The number of nitrogens with zero attached hydrogens (tertiary/aromatic N) is 6. The van der Waals surface area contributed by atoms with Gasteiger partial charge in [0.1, 0.15) is 5.75 Å². The van der Waals surface area contributed by atoms with Crippen LogP contribution in [0, 0.1) is 0 Å². The van der Waals surface area contributed by atoms with Gasteiger partial charge in [-0.05, 0) is 40.6 Å². The van der Waals surface area contributed by atoms with Crippen LogP contribution in [0.25, 0.3) is 5.82 Å². The van der Waals surface area contributed by atoms with Crippen LogP contribution in [0.5, 0.6) is 5.75 Å². The van der Waals surface area contributed by atoms with E-state index in [-0.39, 0.29) is 23.1 Å². The summed E-state index contributed by atoms with van der Waals surface area (Å²) in [5.74, 6) is -0.104. The standard InChI is InChI=1S/C19H15BrN8O3S/c20-12-6-7-15(29)11(8-12)9-22-24-19(30)16-14(10-32-13-4-2-1-3-5-13)28(27-23-16)18-17(21)25-31-26-18/h1-9,29H,10H2,(H2,21,25)(H,24,30)/b22-9-. The van der Waals surface area contributed by atoms with Crippen molar-refractivity contribution in [2.75, 3.05) is 5.73 Å². The molecule has 2 aromatic carbocycles. The average Bonchev–Trinajstić information content (AvgIpc) is 3.41. The number of anilines is 1. The Balaban J connectivity index is 1.58. The van der Waals surface area contributed by atoms with Crippen molar-refractivity contribution in [1.29, 1.82) is 0 Å². The fourth-order valence-electron chi connectivity index (χ4n) is 2.63. The number of phenolic OH excluding ortho intramolecular Hbond substituents is 1. The average molecular weight is 515 g/mol. The smallest absolute Gasteiger partial charge is 0.293 e. The molecule has 0 aliphatic heterocycles. The van der Waals surface area contributed by atoms with Gasteiger partial charge in [0.15, 0.2) is 5.69 Å². The molecule has 0 bridgehead atoms. The highest BCUT2D eigenvalue weighted by atomic mass is 79.9. The monoisotopic (exact) mass is 514 g/mol. The fourth-order valence-corrected chi connectivity index (χ4v) is 3.92. The summed E-state index contributed by atoms with van der Waals surface area (Å²) in [4.78, 5) is 13.8. The summed E-state index contributed by atoms with van der Waals surface area (Å²) in [7, 11) is 0. The van der Waals surface area contributed by atoms with Gasteiger partial charge in [-0.1, -0.05) is 39.3 Å². The third-order valence-electron chi connectivity index (χ3n) is 4.15. The second-order valence-corrected chi connectivity index (χ2v) is 8.24. The SMILES string of the molecule is Nc1nonc1-n1nnc(C(=O)N/N=C\c2cc(Br)ccc2O)c1CSc1ccccc1. The Morgan fingerprint density at radius 3 is 2.84 bits per heavy atom. The second kappa shape index (κ2) is 9.62. The molecule has 0 aliphatic carbocycles. The number of aromatic nitrogens is 5. The van der Waals surface area contributed by atoms with Gasteiger partial charge in [-0.2, -0.15) is 9.78 Å². The van der Waals surface area contributed by atoms with Crippen molar-refractivity contribution in [2.45, 2.75) is 10.6 Å². The third kappa shape index (κ3) is 4.78. The summed E-state index contributed by atoms with van der Waals surface area (Å²) in [6.45, 7) is 0. The first-order chi connectivity index (χ1) is 15.5. The van der Waals surface area contributed by atoms with E-state index in [9.17, 15) is 9.90 Å². The number of aromatic hydroxyl groups is 1. The van der Waals surface area contributed by atoms with Crippen LogP contribution in [0.4, 0.5) is 5.82 Å². The Kier molecular flexibility index (Phi) is 6.47. The molecule has 2 heterocycles. The number of benzene rings is 2. The Morgan fingerprint density at radius 1 is 1.28 bits per heavy atom. The lowest BCUT2D eigenvalue weighted by molar-refractivity contribution is 0.0949. The highest BCUT2D eigenvalue weighted by Crippen LogP contribution is 2.26. The van der Waals surface area contributed by atoms with Crippen molar-refractivity contribution in [1.82, 2.24) is 30.7 Å². The molecule has 0 spiro atoms. The molecule has 32 heavy (non-hydrogen) atoms. The molecule has 162 valence electrons. The lowest BCUT2D eigenvalue weighted by Crippen LogP contribution is -2.20. The van der Waals surface area contributed by atoms with E-state index in [0.29, 0.717) is 17.0 Å². The Morgan fingerprint density at radius 2 is 2.09 bits per heavy atom. The number of thioether (sulfide) groups is 1. The van der Waals surface area contributed by atoms with Crippen LogP contribution >= 0.6 is 27.7 Å². The number of hydrazone groups is 1. The quantitative estimate of drug-likeness (QED) is 0.191. The number of carbonyl (C=O) groups excluding carboxylic acids is 1. The largest absolute Gasteiger partial charge is 0.507 e. The molecule has 0 saturated heterocycles. The van der Waals surface area contributed by atoms with E-state index in [1.165, 1.54) is 28.7 Å². The molecule has 0 aliphatic rings. The minimum atomic E-state index is -0.597. The topological polar surface area (TPSA) is 157 Å². The van der Waals surface area contributed by atoms with Crippen molar-refractivity contribution in [2.24, 2.45) is 5.10 Å². The van der Waals surface area contributed by atoms with Gasteiger partial charge < -0.3 is 10.8 Å². The maximum absolute atomic E-state index is 12.8. The summed E-state index contributed by atoms with van der Waals surface area (Å²) >= 11 is 4.79. The van der Waals surface area contributed by atoms with Gasteiger partial charge in [-0.15, -0.1) is 16.9 Å². The summed E-state index contributed by atoms with van der Waals surface area (Å²) in [5.41, 5.74) is 9.07. The molecular formula is C19H15BrN8O3S. The number of nitrogens with two attached hydrogens (primary N) is 1. The van der Waals surface area contributed by atoms with Gasteiger partial charge in [-0.3, -0.25) is 4.79 Å². The predicted octanol–water partition coefficient (Wildman–Crippen LogP) is 2.76. The molecule has 0 saturated carbocycles. The fraction of sp³-hybridized carbons (Fsp3) is 0.0526. The number of hydrogen-bond donors (Lipinski definition) is 3. The maximum Gasteiger partial charge on any atom is 0.293 e. The van der Waals surface area contributed by atoms with E-state index in [4.69, 9.17) is 5.73 Å². The molecule has 4 aromatic rings. The molecular weight excluding hydrogens is 500 g/mol. The van der Waals surface area contributed by atoms with Crippen molar-refractivity contribution in [3.8, 4) is 11.6 Å². The van der Waals surface area contributed by atoms with E-state index >= 15 is 0 Å². The first-order valence-corrected chi connectivity index (χ1v) is 10.8. The minimum absolute atomic E-state index is 0.0102. The molecule has 11 nitrogen and oxygen atoms in total. The Hall–Kier alpha value is -3.71. The third-order valence-corrected chi connectivity index (χ3v) is 5.67. The number of hydrogen-bond acceptors (Lipinski definition) is 10. The van der Waals surface area contributed by atoms with E-state index in [0.717, 1.165) is 9.37 Å². The van der Waals surface area contributed by atoms with Crippen LogP contribution in [0.15, 0.2) is 67.6 Å². The Labute approximate surface area is 193 Å². The predicted molar refractivity (Wildman–Crippen MR) is 120 cm³/mol. The normalized spacial score (nSPS) is 11.2. The molecule has 2 aromatic heterocycles. The molecule has 0 unspecified atom stereocenters. The van der Waals surface area contributed by atoms with Crippen molar-refractivity contribution >= 4 is 45.6 Å².